The lowest BCUT2D eigenvalue weighted by molar-refractivity contribution is -0.127. The van der Waals surface area contributed by atoms with Gasteiger partial charge < -0.3 is 10.2 Å². The fraction of sp³-hybridized carbons (Fsp3) is 0.667. The van der Waals surface area contributed by atoms with Crippen LogP contribution in [0.5, 0.6) is 0 Å². The number of nitrogens with zero attached hydrogens (tertiary/aromatic N) is 3. The molecule has 2 heterocycles. The van der Waals surface area contributed by atoms with Gasteiger partial charge in [-0.15, -0.1) is 11.3 Å². The number of aryl methyl sites for hydroxylation is 2. The monoisotopic (exact) mass is 324 g/mol. The van der Waals surface area contributed by atoms with E-state index in [9.17, 15) is 9.59 Å². The van der Waals surface area contributed by atoms with E-state index in [1.165, 1.54) is 11.3 Å². The molecular weight excluding hydrogens is 300 g/mol. The number of likely N-dealkylation sites (N-methyl/N-ethyl adjacent to an activating group) is 1. The Hall–Kier alpha value is -1.47. The second kappa shape index (κ2) is 6.75. The summed E-state index contributed by atoms with van der Waals surface area (Å²) in [5, 5.41) is 3.55. The minimum Gasteiger partial charge on any atom is -0.357 e. The van der Waals surface area contributed by atoms with Gasteiger partial charge in [0.05, 0.1) is 10.7 Å². The minimum atomic E-state index is -0.449. The number of carbonyl (C=O) groups is 2. The average molecular weight is 324 g/mol. The first kappa shape index (κ1) is 16.9. The summed E-state index contributed by atoms with van der Waals surface area (Å²) in [5.74, 6) is -0.197. The van der Waals surface area contributed by atoms with Crippen molar-refractivity contribution >= 4 is 23.2 Å². The number of hydrogen-bond donors (Lipinski definition) is 1. The van der Waals surface area contributed by atoms with Crippen LogP contribution in [0.4, 0.5) is 0 Å². The van der Waals surface area contributed by atoms with Crippen LogP contribution in [0, 0.1) is 13.8 Å². The van der Waals surface area contributed by atoms with E-state index in [1.54, 1.807) is 11.9 Å². The van der Waals surface area contributed by atoms with E-state index in [2.05, 4.69) is 29.0 Å². The van der Waals surface area contributed by atoms with E-state index in [0.717, 1.165) is 17.2 Å². The van der Waals surface area contributed by atoms with Gasteiger partial charge in [0.1, 0.15) is 10.9 Å². The van der Waals surface area contributed by atoms with Crippen molar-refractivity contribution in [3.63, 3.8) is 0 Å². The third-order valence-corrected chi connectivity index (χ3v) is 5.11. The second-order valence-electron chi connectivity index (χ2n) is 5.86. The molecule has 1 saturated heterocycles. The highest BCUT2D eigenvalue weighted by Crippen LogP contribution is 2.22. The third kappa shape index (κ3) is 3.30. The van der Waals surface area contributed by atoms with E-state index in [4.69, 9.17) is 0 Å². The van der Waals surface area contributed by atoms with Crippen LogP contribution in [0.3, 0.4) is 0 Å². The molecule has 6 nitrogen and oxygen atoms in total. The Balaban J connectivity index is 2.25. The maximum absolute atomic E-state index is 12.8. The van der Waals surface area contributed by atoms with Crippen molar-refractivity contribution in [3.05, 3.63) is 15.6 Å². The summed E-state index contributed by atoms with van der Waals surface area (Å²) in [6.07, 6.45) is 0. The van der Waals surface area contributed by atoms with Gasteiger partial charge >= 0.3 is 0 Å². The lowest BCUT2D eigenvalue weighted by atomic mass is 10.1. The molecule has 122 valence electrons. The number of rotatable bonds is 3. The van der Waals surface area contributed by atoms with Crippen LogP contribution in [0.2, 0.25) is 0 Å². The molecule has 22 heavy (non-hydrogen) atoms. The zero-order chi connectivity index (χ0) is 16.4. The van der Waals surface area contributed by atoms with Gasteiger partial charge in [-0.25, -0.2) is 4.98 Å². The van der Waals surface area contributed by atoms with Crippen LogP contribution < -0.4 is 5.32 Å². The topological polar surface area (TPSA) is 65.5 Å². The maximum Gasteiger partial charge on any atom is 0.266 e. The lowest BCUT2D eigenvalue weighted by Gasteiger charge is -2.41. The summed E-state index contributed by atoms with van der Waals surface area (Å²) < 4.78 is 0. The third-order valence-electron chi connectivity index (χ3n) is 4.05. The normalized spacial score (nSPS) is 19.5. The first-order chi connectivity index (χ1) is 10.3. The van der Waals surface area contributed by atoms with Crippen LogP contribution in [0.1, 0.15) is 34.2 Å². The molecule has 2 rings (SSSR count). The Kier molecular flexibility index (Phi) is 5.18. The molecule has 0 bridgehead atoms. The number of thiazole rings is 1. The molecule has 1 aromatic heterocycles. The standard InChI is InChI=1S/C15H24N4O2S/c1-9(2)18-6-7-19(12(8-18)14(20)16-5)15(21)13-10(3)17-11(4)22-13/h9,12H,6-8H2,1-5H3,(H,16,20). The number of carbonyl (C=O) groups excluding carboxylic acids is 2. The Bertz CT molecular complexity index is 570. The van der Waals surface area contributed by atoms with Gasteiger partial charge in [-0.1, -0.05) is 0 Å². The Labute approximate surface area is 135 Å². The van der Waals surface area contributed by atoms with Crippen molar-refractivity contribution in [3.8, 4) is 0 Å². The fourth-order valence-electron chi connectivity index (χ4n) is 2.77. The molecule has 7 heteroatoms. The maximum atomic E-state index is 12.8. The summed E-state index contributed by atoms with van der Waals surface area (Å²) >= 11 is 1.40. The number of aromatic nitrogens is 1. The zero-order valence-electron chi connectivity index (χ0n) is 13.8. The molecule has 1 fully saturated rings. The van der Waals surface area contributed by atoms with Crippen molar-refractivity contribution in [1.82, 2.24) is 20.1 Å². The van der Waals surface area contributed by atoms with Gasteiger partial charge in [0.15, 0.2) is 0 Å². The highest BCUT2D eigenvalue weighted by atomic mass is 32.1. The smallest absolute Gasteiger partial charge is 0.266 e. The average Bonchev–Trinajstić information content (AvgIpc) is 2.83. The first-order valence-corrected chi connectivity index (χ1v) is 8.37. The second-order valence-corrected chi connectivity index (χ2v) is 7.07. The van der Waals surface area contributed by atoms with Crippen molar-refractivity contribution in [2.45, 2.75) is 39.8 Å². The van der Waals surface area contributed by atoms with Crippen LogP contribution in [-0.2, 0) is 4.79 Å². The number of piperazine rings is 1. The van der Waals surface area contributed by atoms with Crippen LogP contribution >= 0.6 is 11.3 Å². The summed E-state index contributed by atoms with van der Waals surface area (Å²) in [4.78, 5) is 34.0. The molecule has 0 saturated carbocycles. The highest BCUT2D eigenvalue weighted by Gasteiger charge is 2.37. The molecule has 2 amide bonds. The fourth-order valence-corrected chi connectivity index (χ4v) is 3.64. The van der Waals surface area contributed by atoms with Crippen molar-refractivity contribution < 1.29 is 9.59 Å². The molecule has 0 aromatic carbocycles. The van der Waals surface area contributed by atoms with E-state index in [0.29, 0.717) is 24.0 Å². The first-order valence-electron chi connectivity index (χ1n) is 7.55. The van der Waals surface area contributed by atoms with Crippen LogP contribution in [0.15, 0.2) is 0 Å². The van der Waals surface area contributed by atoms with Gasteiger partial charge in [0.2, 0.25) is 5.91 Å². The van der Waals surface area contributed by atoms with E-state index < -0.39 is 6.04 Å². The van der Waals surface area contributed by atoms with Gasteiger partial charge in [-0.05, 0) is 27.7 Å². The summed E-state index contributed by atoms with van der Waals surface area (Å²) in [5.41, 5.74) is 0.745. The summed E-state index contributed by atoms with van der Waals surface area (Å²) in [6.45, 7) is 9.86. The molecule has 1 atom stereocenters. The van der Waals surface area contributed by atoms with Crippen molar-refractivity contribution in [2.75, 3.05) is 26.7 Å². The molecule has 1 N–H and O–H groups in total. The quantitative estimate of drug-likeness (QED) is 0.902. The molecule has 0 spiro atoms. The van der Waals surface area contributed by atoms with Gasteiger partial charge in [0.25, 0.3) is 5.91 Å². The van der Waals surface area contributed by atoms with E-state index >= 15 is 0 Å². The molecule has 1 aromatic rings. The van der Waals surface area contributed by atoms with E-state index in [1.807, 2.05) is 13.8 Å². The zero-order valence-corrected chi connectivity index (χ0v) is 14.7. The molecule has 1 aliphatic rings. The lowest BCUT2D eigenvalue weighted by Crippen LogP contribution is -2.61. The molecule has 1 unspecified atom stereocenters. The van der Waals surface area contributed by atoms with E-state index in [-0.39, 0.29) is 11.8 Å². The number of hydrogen-bond acceptors (Lipinski definition) is 5. The Morgan fingerprint density at radius 1 is 1.32 bits per heavy atom. The SMILES string of the molecule is CNC(=O)C1CN(C(C)C)CCN1C(=O)c1sc(C)nc1C. The predicted molar refractivity (Wildman–Crippen MR) is 87.2 cm³/mol. The highest BCUT2D eigenvalue weighted by molar-refractivity contribution is 7.13. The number of nitrogens with one attached hydrogen (secondary N) is 1. The van der Waals surface area contributed by atoms with Gasteiger partial charge in [-0.3, -0.25) is 14.5 Å². The van der Waals surface area contributed by atoms with Crippen LogP contribution in [0.25, 0.3) is 0 Å². The Morgan fingerprint density at radius 2 is 2.00 bits per heavy atom. The van der Waals surface area contributed by atoms with Crippen LogP contribution in [-0.4, -0.2) is 65.4 Å². The van der Waals surface area contributed by atoms with Gasteiger partial charge in [0, 0.05) is 32.7 Å². The minimum absolute atomic E-state index is 0.0832. The van der Waals surface area contributed by atoms with Crippen molar-refractivity contribution in [2.24, 2.45) is 0 Å². The summed E-state index contributed by atoms with van der Waals surface area (Å²) in [7, 11) is 1.61. The molecule has 0 aliphatic carbocycles. The van der Waals surface area contributed by atoms with Gasteiger partial charge in [-0.2, -0.15) is 0 Å². The summed E-state index contributed by atoms with van der Waals surface area (Å²) in [6, 6.07) is -0.0905. The molecular formula is C15H24N4O2S. The largest absolute Gasteiger partial charge is 0.357 e. The predicted octanol–water partition coefficient (Wildman–Crippen LogP) is 1.04. The van der Waals surface area contributed by atoms with Crippen molar-refractivity contribution in [1.29, 1.82) is 0 Å². The Morgan fingerprint density at radius 3 is 2.50 bits per heavy atom. The number of amides is 2. The molecule has 1 aliphatic heterocycles. The molecule has 0 radical (unpaired) electrons.